The van der Waals surface area contributed by atoms with Gasteiger partial charge in [-0.2, -0.15) is 0 Å². The summed E-state index contributed by atoms with van der Waals surface area (Å²) < 4.78 is 0. The van der Waals surface area contributed by atoms with E-state index < -0.39 is 11.7 Å². The summed E-state index contributed by atoms with van der Waals surface area (Å²) in [6.45, 7) is 1.57. The molecule has 3 nitrogen and oxygen atoms in total. The topological polar surface area (TPSA) is 57.5 Å². The molecule has 2 N–H and O–H groups in total. The smallest absolute Gasteiger partial charge is 0.371 e. The molecular formula is C10H10O3. The number of benzene rings is 1. The Morgan fingerprint density at radius 3 is 2.15 bits per heavy atom. The van der Waals surface area contributed by atoms with Crippen molar-refractivity contribution in [3.63, 3.8) is 0 Å². The highest BCUT2D eigenvalue weighted by atomic mass is 16.4. The molecule has 0 saturated heterocycles. The molecule has 0 heterocycles. The molecule has 3 heteroatoms. The van der Waals surface area contributed by atoms with Gasteiger partial charge in [0.05, 0.1) is 0 Å². The van der Waals surface area contributed by atoms with Gasteiger partial charge in [-0.05, 0) is 12.5 Å². The summed E-state index contributed by atoms with van der Waals surface area (Å²) in [6, 6.07) is 8.89. The number of aliphatic hydroxyl groups is 1. The average Bonchev–Trinajstić information content (AvgIpc) is 2.17. The number of rotatable bonds is 2. The molecule has 0 aliphatic heterocycles. The Labute approximate surface area is 76.0 Å². The van der Waals surface area contributed by atoms with Gasteiger partial charge in [0.25, 0.3) is 0 Å². The molecule has 1 aromatic rings. The fourth-order valence-electron chi connectivity index (χ4n) is 0.985. The Balaban J connectivity index is 3.11. The first-order valence-electron chi connectivity index (χ1n) is 3.81. The van der Waals surface area contributed by atoms with Crippen molar-refractivity contribution in [2.24, 2.45) is 0 Å². The lowest BCUT2D eigenvalue weighted by Gasteiger charge is -2.01. The van der Waals surface area contributed by atoms with Crippen LogP contribution >= 0.6 is 0 Å². The third-order valence-corrected chi connectivity index (χ3v) is 1.76. The van der Waals surface area contributed by atoms with Crippen molar-refractivity contribution in [3.05, 3.63) is 41.7 Å². The molecule has 0 amide bonds. The maximum atomic E-state index is 10.4. The molecular weight excluding hydrogens is 168 g/mol. The minimum absolute atomic E-state index is 0.369. The van der Waals surface area contributed by atoms with Crippen LogP contribution in [0.1, 0.15) is 12.5 Å². The van der Waals surface area contributed by atoms with Crippen LogP contribution in [0.15, 0.2) is 36.1 Å². The van der Waals surface area contributed by atoms with Crippen molar-refractivity contribution in [2.75, 3.05) is 0 Å². The second-order valence-electron chi connectivity index (χ2n) is 2.64. The van der Waals surface area contributed by atoms with Gasteiger partial charge in [0.2, 0.25) is 5.76 Å². The highest BCUT2D eigenvalue weighted by molar-refractivity contribution is 5.93. The highest BCUT2D eigenvalue weighted by Gasteiger charge is 2.09. The van der Waals surface area contributed by atoms with E-state index in [1.165, 1.54) is 0 Å². The van der Waals surface area contributed by atoms with Crippen molar-refractivity contribution >= 4 is 11.5 Å². The van der Waals surface area contributed by atoms with E-state index in [0.29, 0.717) is 11.1 Å². The maximum absolute atomic E-state index is 10.4. The van der Waals surface area contributed by atoms with E-state index in [0.717, 1.165) is 0 Å². The zero-order valence-corrected chi connectivity index (χ0v) is 7.19. The summed E-state index contributed by atoms with van der Waals surface area (Å²) in [7, 11) is 0. The Kier molecular flexibility index (Phi) is 2.69. The van der Waals surface area contributed by atoms with Gasteiger partial charge in [-0.1, -0.05) is 30.3 Å². The summed E-state index contributed by atoms with van der Waals surface area (Å²) in [5, 5.41) is 17.6. The van der Waals surface area contributed by atoms with Crippen molar-refractivity contribution < 1.29 is 15.0 Å². The average molecular weight is 178 g/mol. The van der Waals surface area contributed by atoms with Crippen molar-refractivity contribution in [2.45, 2.75) is 6.92 Å². The van der Waals surface area contributed by atoms with Gasteiger partial charge in [-0.3, -0.25) is 0 Å². The predicted molar refractivity (Wildman–Crippen MR) is 49.3 cm³/mol. The zero-order valence-electron chi connectivity index (χ0n) is 7.19. The van der Waals surface area contributed by atoms with E-state index in [4.69, 9.17) is 10.2 Å². The van der Waals surface area contributed by atoms with Crippen LogP contribution < -0.4 is 0 Å². The molecule has 68 valence electrons. The van der Waals surface area contributed by atoms with E-state index in [2.05, 4.69) is 0 Å². The van der Waals surface area contributed by atoms with E-state index >= 15 is 0 Å². The van der Waals surface area contributed by atoms with Gasteiger partial charge in [0.15, 0.2) is 0 Å². The number of aliphatic carboxylic acids is 1. The van der Waals surface area contributed by atoms with Crippen molar-refractivity contribution in [3.8, 4) is 0 Å². The number of hydrogen-bond donors (Lipinski definition) is 2. The molecule has 0 unspecified atom stereocenters. The summed E-state index contributed by atoms with van der Waals surface area (Å²) in [5.74, 6) is -1.91. The first-order valence-corrected chi connectivity index (χ1v) is 3.81. The van der Waals surface area contributed by atoms with Gasteiger partial charge >= 0.3 is 5.97 Å². The molecule has 0 bridgehead atoms. The summed E-state index contributed by atoms with van der Waals surface area (Å²) in [5.41, 5.74) is 1.08. The lowest BCUT2D eigenvalue weighted by atomic mass is 10.1. The molecule has 13 heavy (non-hydrogen) atoms. The fourth-order valence-corrected chi connectivity index (χ4v) is 0.985. The van der Waals surface area contributed by atoms with Gasteiger partial charge in [-0.15, -0.1) is 0 Å². The number of allylic oxidation sites excluding steroid dienone is 1. The molecule has 0 fully saturated rings. The number of carboxylic acids is 1. The van der Waals surface area contributed by atoms with E-state index in [9.17, 15) is 4.79 Å². The van der Waals surface area contributed by atoms with Crippen LogP contribution in [0.2, 0.25) is 0 Å². The van der Waals surface area contributed by atoms with E-state index in [-0.39, 0.29) is 0 Å². The van der Waals surface area contributed by atoms with Crippen LogP contribution in [0.5, 0.6) is 0 Å². The predicted octanol–water partition coefficient (Wildman–Crippen LogP) is 2.06. The molecule has 0 aliphatic rings. The Hall–Kier alpha value is -1.77. The number of hydrogen-bond acceptors (Lipinski definition) is 2. The molecule has 0 saturated carbocycles. The maximum Gasteiger partial charge on any atom is 0.371 e. The first kappa shape index (κ1) is 9.32. The standard InChI is InChI=1S/C10H10O3/c1-7(9(11)10(12)13)8-5-3-2-4-6-8/h2-6,11H,1H3,(H,12,13). The first-order chi connectivity index (χ1) is 6.13. The van der Waals surface area contributed by atoms with Gasteiger partial charge in [0, 0.05) is 5.57 Å². The van der Waals surface area contributed by atoms with Crippen molar-refractivity contribution in [1.29, 1.82) is 0 Å². The Morgan fingerprint density at radius 1 is 1.15 bits per heavy atom. The minimum atomic E-state index is -1.30. The Bertz CT molecular complexity index is 338. The highest BCUT2D eigenvalue weighted by Crippen LogP contribution is 2.15. The molecule has 0 radical (unpaired) electrons. The SMILES string of the molecule is CC(=C(O)C(=O)O)c1ccccc1. The van der Waals surface area contributed by atoms with Gasteiger partial charge in [-0.25, -0.2) is 4.79 Å². The second-order valence-corrected chi connectivity index (χ2v) is 2.64. The zero-order chi connectivity index (χ0) is 9.84. The fraction of sp³-hybridized carbons (Fsp3) is 0.100. The van der Waals surface area contributed by atoms with Crippen molar-refractivity contribution in [1.82, 2.24) is 0 Å². The molecule has 1 rings (SSSR count). The minimum Gasteiger partial charge on any atom is -0.502 e. The molecule has 0 aromatic heterocycles. The molecule has 1 aromatic carbocycles. The van der Waals surface area contributed by atoms with Gasteiger partial charge < -0.3 is 10.2 Å². The summed E-state index contributed by atoms with van der Waals surface area (Å²) >= 11 is 0. The molecule has 0 spiro atoms. The van der Waals surface area contributed by atoms with Crippen LogP contribution in [0.3, 0.4) is 0 Å². The monoisotopic (exact) mass is 178 g/mol. The lowest BCUT2D eigenvalue weighted by Crippen LogP contribution is -2.01. The van der Waals surface area contributed by atoms with Crippen LogP contribution in [0.4, 0.5) is 0 Å². The molecule has 0 atom stereocenters. The summed E-state index contributed by atoms with van der Waals surface area (Å²) in [6.07, 6.45) is 0. The van der Waals surface area contributed by atoms with E-state index in [1.54, 1.807) is 31.2 Å². The normalized spacial score (nSPS) is 12.1. The number of carbonyl (C=O) groups is 1. The Morgan fingerprint density at radius 2 is 1.69 bits per heavy atom. The van der Waals surface area contributed by atoms with Crippen LogP contribution in [-0.2, 0) is 4.79 Å². The third-order valence-electron chi connectivity index (χ3n) is 1.76. The van der Waals surface area contributed by atoms with E-state index in [1.807, 2.05) is 6.07 Å². The van der Waals surface area contributed by atoms with Crippen LogP contribution in [-0.4, -0.2) is 16.2 Å². The largest absolute Gasteiger partial charge is 0.502 e. The quantitative estimate of drug-likeness (QED) is 0.538. The second kappa shape index (κ2) is 3.76. The number of aliphatic hydroxyl groups excluding tert-OH is 1. The number of carboxylic acid groups (broad SMARTS) is 1. The summed E-state index contributed by atoms with van der Waals surface area (Å²) in [4.78, 5) is 10.4. The third kappa shape index (κ3) is 2.08. The van der Waals surface area contributed by atoms with Gasteiger partial charge in [0.1, 0.15) is 0 Å². The lowest BCUT2D eigenvalue weighted by molar-refractivity contribution is -0.135. The van der Waals surface area contributed by atoms with Crippen LogP contribution in [0.25, 0.3) is 5.57 Å². The van der Waals surface area contributed by atoms with Crippen LogP contribution in [0, 0.1) is 0 Å². The molecule has 0 aliphatic carbocycles.